The topological polar surface area (TPSA) is 37.9 Å². The van der Waals surface area contributed by atoms with Crippen molar-refractivity contribution < 1.29 is 9.13 Å². The van der Waals surface area contributed by atoms with E-state index in [9.17, 15) is 4.39 Å². The van der Waals surface area contributed by atoms with Gasteiger partial charge in [-0.3, -0.25) is 0 Å². The van der Waals surface area contributed by atoms with Gasteiger partial charge in [0.1, 0.15) is 5.82 Å². The molecular weight excluding hydrogens is 255 g/mol. The number of benzene rings is 2. The number of methoxy groups -OCH3 is 1. The minimum absolute atomic E-state index is 0.0763. The highest BCUT2D eigenvalue weighted by Gasteiger charge is 2.13. The van der Waals surface area contributed by atoms with E-state index in [0.29, 0.717) is 17.0 Å². The zero-order valence-corrected chi connectivity index (χ0v) is 10.8. The van der Waals surface area contributed by atoms with E-state index in [1.54, 1.807) is 6.07 Å². The Morgan fingerprint density at radius 3 is 2.80 bits per heavy atom. The number of terminal acetylenes is 1. The Balaban J connectivity index is 2.19. The van der Waals surface area contributed by atoms with Crippen molar-refractivity contribution in [1.82, 2.24) is 9.97 Å². The fourth-order valence-electron chi connectivity index (χ4n) is 2.13. The van der Waals surface area contributed by atoms with Gasteiger partial charge in [0, 0.05) is 5.56 Å². The Morgan fingerprint density at radius 2 is 2.10 bits per heavy atom. The fraction of sp³-hybridized carbons (Fsp3) is 0.0625. The molecule has 0 radical (unpaired) electrons. The van der Waals surface area contributed by atoms with Gasteiger partial charge in [0.05, 0.1) is 23.7 Å². The molecule has 0 aliphatic heterocycles. The van der Waals surface area contributed by atoms with Gasteiger partial charge in [0.2, 0.25) is 0 Å². The molecule has 0 aliphatic carbocycles. The van der Waals surface area contributed by atoms with Crippen LogP contribution in [0.2, 0.25) is 0 Å². The van der Waals surface area contributed by atoms with Gasteiger partial charge < -0.3 is 9.72 Å². The van der Waals surface area contributed by atoms with Crippen LogP contribution in [0.3, 0.4) is 0 Å². The number of aromatic nitrogens is 2. The van der Waals surface area contributed by atoms with Crippen LogP contribution in [0, 0.1) is 18.2 Å². The summed E-state index contributed by atoms with van der Waals surface area (Å²) in [6, 6.07) is 10.6. The van der Waals surface area contributed by atoms with Crippen molar-refractivity contribution in [3.05, 3.63) is 47.8 Å². The first kappa shape index (κ1) is 12.2. The normalized spacial score (nSPS) is 10.4. The second-order valence-corrected chi connectivity index (χ2v) is 4.29. The van der Waals surface area contributed by atoms with Crippen LogP contribution in [0.4, 0.5) is 4.39 Å². The first-order valence-corrected chi connectivity index (χ1v) is 6.02. The van der Waals surface area contributed by atoms with Crippen molar-refractivity contribution in [2.75, 3.05) is 7.11 Å². The molecule has 0 saturated heterocycles. The first-order valence-electron chi connectivity index (χ1n) is 6.02. The molecule has 2 aromatic carbocycles. The highest BCUT2D eigenvalue weighted by Crippen LogP contribution is 2.29. The number of hydrogen-bond acceptors (Lipinski definition) is 2. The van der Waals surface area contributed by atoms with Gasteiger partial charge >= 0.3 is 0 Å². The molecule has 3 rings (SSSR count). The molecular formula is C16H11FN2O. The molecule has 4 heteroatoms. The van der Waals surface area contributed by atoms with Crippen molar-refractivity contribution in [3.8, 4) is 29.5 Å². The Hall–Kier alpha value is -2.80. The molecule has 3 nitrogen and oxygen atoms in total. The van der Waals surface area contributed by atoms with Gasteiger partial charge in [-0.25, -0.2) is 9.37 Å². The number of halogens is 1. The van der Waals surface area contributed by atoms with E-state index in [-0.39, 0.29) is 5.75 Å². The Morgan fingerprint density at radius 1 is 1.30 bits per heavy atom. The monoisotopic (exact) mass is 266 g/mol. The number of fused-ring (bicyclic) bond motifs is 1. The summed E-state index contributed by atoms with van der Waals surface area (Å²) in [5.41, 5.74) is 2.66. The van der Waals surface area contributed by atoms with Gasteiger partial charge in [0.25, 0.3) is 0 Å². The summed E-state index contributed by atoms with van der Waals surface area (Å²) in [5, 5.41) is 0. The molecule has 1 aromatic heterocycles. The van der Waals surface area contributed by atoms with Crippen molar-refractivity contribution >= 4 is 11.0 Å². The summed E-state index contributed by atoms with van der Waals surface area (Å²) in [5.74, 6) is 2.57. The molecule has 0 unspecified atom stereocenters. The Labute approximate surface area is 115 Å². The van der Waals surface area contributed by atoms with Crippen LogP contribution in [0.5, 0.6) is 5.75 Å². The number of H-pyrrole nitrogens is 1. The summed E-state index contributed by atoms with van der Waals surface area (Å²) in [6.07, 6.45) is 5.39. The average Bonchev–Trinajstić information content (AvgIpc) is 2.90. The maximum absolute atomic E-state index is 14.0. The van der Waals surface area contributed by atoms with Gasteiger partial charge in [-0.05, 0) is 24.3 Å². The second kappa shape index (κ2) is 4.71. The Bertz CT molecular complexity index is 797. The number of ether oxygens (including phenoxy) is 1. The van der Waals surface area contributed by atoms with Crippen molar-refractivity contribution in [3.63, 3.8) is 0 Å². The van der Waals surface area contributed by atoms with E-state index in [0.717, 1.165) is 11.0 Å². The smallest absolute Gasteiger partial charge is 0.170 e. The van der Waals surface area contributed by atoms with Crippen LogP contribution in [0.25, 0.3) is 22.4 Å². The number of aromatic amines is 1. The van der Waals surface area contributed by atoms with Gasteiger partial charge in [-0.1, -0.05) is 18.1 Å². The van der Waals surface area contributed by atoms with Crippen molar-refractivity contribution in [2.24, 2.45) is 0 Å². The van der Waals surface area contributed by atoms with E-state index in [2.05, 4.69) is 15.9 Å². The molecule has 1 heterocycles. The summed E-state index contributed by atoms with van der Waals surface area (Å²) in [7, 11) is 1.39. The first-order chi connectivity index (χ1) is 9.72. The lowest BCUT2D eigenvalue weighted by atomic mass is 10.1. The third kappa shape index (κ3) is 1.90. The molecule has 0 spiro atoms. The summed E-state index contributed by atoms with van der Waals surface area (Å²) in [6.45, 7) is 0. The van der Waals surface area contributed by atoms with E-state index in [1.165, 1.54) is 13.2 Å². The zero-order valence-electron chi connectivity index (χ0n) is 10.8. The van der Waals surface area contributed by atoms with Crippen LogP contribution >= 0.6 is 0 Å². The maximum atomic E-state index is 14.0. The van der Waals surface area contributed by atoms with E-state index >= 15 is 0 Å². The van der Waals surface area contributed by atoms with Crippen LogP contribution in [-0.2, 0) is 0 Å². The standard InChI is InChI=1S/C16H11FN2O/c1-3-10-8-11(9-12(17)15(10)20-2)16-18-13-6-4-5-7-14(13)19-16/h1,4-9H,2H3,(H,18,19). The molecule has 0 bridgehead atoms. The van der Waals surface area contributed by atoms with Crippen molar-refractivity contribution in [2.45, 2.75) is 0 Å². The lowest BCUT2D eigenvalue weighted by molar-refractivity contribution is 0.385. The molecule has 0 amide bonds. The lowest BCUT2D eigenvalue weighted by Crippen LogP contribution is -1.94. The minimum atomic E-state index is -0.501. The van der Waals surface area contributed by atoms with Gasteiger partial charge in [0.15, 0.2) is 11.6 Å². The van der Waals surface area contributed by atoms with E-state index in [1.807, 2.05) is 24.3 Å². The van der Waals surface area contributed by atoms with Crippen LogP contribution < -0.4 is 4.74 Å². The Kier molecular flexibility index (Phi) is 2.88. The summed E-state index contributed by atoms with van der Waals surface area (Å²) in [4.78, 5) is 7.56. The number of imidazole rings is 1. The van der Waals surface area contributed by atoms with Gasteiger partial charge in [-0.2, -0.15) is 0 Å². The number of nitrogens with zero attached hydrogens (tertiary/aromatic N) is 1. The molecule has 98 valence electrons. The number of nitrogens with one attached hydrogen (secondary N) is 1. The fourth-order valence-corrected chi connectivity index (χ4v) is 2.13. The zero-order chi connectivity index (χ0) is 14.1. The minimum Gasteiger partial charge on any atom is -0.492 e. The predicted molar refractivity (Wildman–Crippen MR) is 76.0 cm³/mol. The number of para-hydroxylation sites is 2. The second-order valence-electron chi connectivity index (χ2n) is 4.29. The molecule has 20 heavy (non-hydrogen) atoms. The molecule has 0 saturated carbocycles. The highest BCUT2D eigenvalue weighted by molar-refractivity contribution is 5.79. The number of hydrogen-bond donors (Lipinski definition) is 1. The maximum Gasteiger partial charge on any atom is 0.170 e. The quantitative estimate of drug-likeness (QED) is 0.722. The van der Waals surface area contributed by atoms with E-state index < -0.39 is 5.82 Å². The van der Waals surface area contributed by atoms with Crippen LogP contribution in [0.1, 0.15) is 5.56 Å². The molecule has 0 aliphatic rings. The summed E-state index contributed by atoms with van der Waals surface area (Å²) >= 11 is 0. The lowest BCUT2D eigenvalue weighted by Gasteiger charge is -2.06. The third-order valence-corrected chi connectivity index (χ3v) is 3.07. The van der Waals surface area contributed by atoms with E-state index in [4.69, 9.17) is 11.2 Å². The SMILES string of the molecule is C#Cc1cc(-c2nc3ccccc3[nH]2)cc(F)c1OC. The predicted octanol–water partition coefficient (Wildman–Crippen LogP) is 3.36. The van der Waals surface area contributed by atoms with Crippen LogP contribution in [-0.4, -0.2) is 17.1 Å². The largest absolute Gasteiger partial charge is 0.492 e. The molecule has 3 aromatic rings. The summed E-state index contributed by atoms with van der Waals surface area (Å²) < 4.78 is 18.9. The molecule has 0 atom stereocenters. The molecule has 1 N–H and O–H groups in total. The molecule has 0 fully saturated rings. The third-order valence-electron chi connectivity index (χ3n) is 3.07. The highest BCUT2D eigenvalue weighted by atomic mass is 19.1. The number of rotatable bonds is 2. The van der Waals surface area contributed by atoms with Crippen LogP contribution in [0.15, 0.2) is 36.4 Å². The van der Waals surface area contributed by atoms with Gasteiger partial charge in [-0.15, -0.1) is 6.42 Å². The van der Waals surface area contributed by atoms with Crippen molar-refractivity contribution in [1.29, 1.82) is 0 Å². The average molecular weight is 266 g/mol.